The van der Waals surface area contributed by atoms with Gasteiger partial charge in [0.2, 0.25) is 5.88 Å². The minimum atomic E-state index is 0.162. The highest BCUT2D eigenvalue weighted by atomic mass is 35.5. The monoisotopic (exact) mass is 443 g/mol. The number of carbonyl (C=O) groups is 1. The number of methoxy groups -OCH3 is 1. The highest BCUT2D eigenvalue weighted by molar-refractivity contribution is 6.34. The SMILES string of the molecule is C=C(C)c1ccc(-c2cnc(Oc3cc(Cl)cc(Cl)c3)c(C=O)c2)c(OC)c1.CC. The molecule has 0 atom stereocenters. The molecule has 0 aliphatic rings. The lowest BCUT2D eigenvalue weighted by Crippen LogP contribution is -1.96. The predicted molar refractivity (Wildman–Crippen MR) is 124 cm³/mol. The second-order valence-corrected chi connectivity index (χ2v) is 7.01. The highest BCUT2D eigenvalue weighted by Gasteiger charge is 2.13. The first-order chi connectivity index (χ1) is 14.4. The summed E-state index contributed by atoms with van der Waals surface area (Å²) in [7, 11) is 1.59. The zero-order valence-electron chi connectivity index (χ0n) is 17.3. The summed E-state index contributed by atoms with van der Waals surface area (Å²) in [5.74, 6) is 1.22. The second kappa shape index (κ2) is 10.8. The van der Waals surface area contributed by atoms with Crippen LogP contribution in [0.2, 0.25) is 10.0 Å². The first-order valence-corrected chi connectivity index (χ1v) is 10.1. The first kappa shape index (κ1) is 23.5. The van der Waals surface area contributed by atoms with Gasteiger partial charge in [-0.05, 0) is 48.9 Å². The van der Waals surface area contributed by atoms with E-state index in [2.05, 4.69) is 11.6 Å². The number of allylic oxidation sites excluding steroid dienone is 1. The normalized spacial score (nSPS) is 9.93. The van der Waals surface area contributed by atoms with Gasteiger partial charge in [0.1, 0.15) is 11.5 Å². The zero-order chi connectivity index (χ0) is 22.3. The van der Waals surface area contributed by atoms with Crippen LogP contribution in [0.25, 0.3) is 16.7 Å². The molecule has 3 rings (SSSR count). The molecule has 1 heterocycles. The molecule has 0 unspecified atom stereocenters. The van der Waals surface area contributed by atoms with E-state index in [4.69, 9.17) is 32.7 Å². The molecule has 2 aromatic carbocycles. The van der Waals surface area contributed by atoms with Gasteiger partial charge < -0.3 is 9.47 Å². The van der Waals surface area contributed by atoms with Crippen LogP contribution in [0.1, 0.15) is 36.7 Å². The molecule has 0 saturated carbocycles. The van der Waals surface area contributed by atoms with Crippen molar-refractivity contribution >= 4 is 35.1 Å². The molecule has 0 bridgehead atoms. The molecule has 0 aliphatic carbocycles. The van der Waals surface area contributed by atoms with Crippen molar-refractivity contribution in [3.05, 3.63) is 76.4 Å². The van der Waals surface area contributed by atoms with E-state index in [0.29, 0.717) is 33.4 Å². The molecule has 156 valence electrons. The Morgan fingerprint density at radius 1 is 1.07 bits per heavy atom. The summed E-state index contributed by atoms with van der Waals surface area (Å²) in [6.07, 6.45) is 2.31. The van der Waals surface area contributed by atoms with Crippen molar-refractivity contribution in [3.63, 3.8) is 0 Å². The van der Waals surface area contributed by atoms with Crippen molar-refractivity contribution in [3.8, 4) is 28.5 Å². The van der Waals surface area contributed by atoms with Gasteiger partial charge in [0.05, 0.1) is 12.7 Å². The van der Waals surface area contributed by atoms with Gasteiger partial charge in [-0.2, -0.15) is 0 Å². The third-order valence-electron chi connectivity index (χ3n) is 4.06. The molecule has 0 saturated heterocycles. The quantitative estimate of drug-likeness (QED) is 0.365. The maximum atomic E-state index is 11.6. The summed E-state index contributed by atoms with van der Waals surface area (Å²) in [5.41, 5.74) is 3.73. The lowest BCUT2D eigenvalue weighted by atomic mass is 10.0. The van der Waals surface area contributed by atoms with E-state index in [1.165, 1.54) is 0 Å². The van der Waals surface area contributed by atoms with Crippen LogP contribution in [0, 0.1) is 0 Å². The van der Waals surface area contributed by atoms with Crippen LogP contribution in [-0.2, 0) is 0 Å². The fourth-order valence-electron chi connectivity index (χ4n) is 2.68. The number of aldehydes is 1. The molecule has 0 fully saturated rings. The number of hydrogen-bond acceptors (Lipinski definition) is 4. The molecule has 0 spiro atoms. The van der Waals surface area contributed by atoms with E-state index in [-0.39, 0.29) is 5.88 Å². The van der Waals surface area contributed by atoms with Gasteiger partial charge in [-0.25, -0.2) is 4.98 Å². The lowest BCUT2D eigenvalue weighted by Gasteiger charge is -2.13. The summed E-state index contributed by atoms with van der Waals surface area (Å²) in [5, 5.41) is 0.850. The van der Waals surface area contributed by atoms with E-state index >= 15 is 0 Å². The Morgan fingerprint density at radius 3 is 2.30 bits per heavy atom. The first-order valence-electron chi connectivity index (χ1n) is 9.34. The summed E-state index contributed by atoms with van der Waals surface area (Å²) >= 11 is 12.0. The molecule has 0 N–H and O–H groups in total. The number of rotatable bonds is 6. The van der Waals surface area contributed by atoms with Gasteiger partial charge in [0.15, 0.2) is 6.29 Å². The summed E-state index contributed by atoms with van der Waals surface area (Å²) in [4.78, 5) is 15.9. The third-order valence-corrected chi connectivity index (χ3v) is 4.50. The van der Waals surface area contributed by atoms with Gasteiger partial charge in [-0.1, -0.05) is 55.3 Å². The average molecular weight is 444 g/mol. The van der Waals surface area contributed by atoms with Gasteiger partial charge >= 0.3 is 0 Å². The molecule has 0 aliphatic heterocycles. The number of hydrogen-bond donors (Lipinski definition) is 0. The summed E-state index contributed by atoms with van der Waals surface area (Å²) in [6.45, 7) is 9.87. The molecule has 0 radical (unpaired) electrons. The van der Waals surface area contributed by atoms with Crippen molar-refractivity contribution < 1.29 is 14.3 Å². The van der Waals surface area contributed by atoms with Crippen molar-refractivity contribution in [2.75, 3.05) is 7.11 Å². The number of carbonyl (C=O) groups excluding carboxylic acids is 1. The largest absolute Gasteiger partial charge is 0.496 e. The Balaban J connectivity index is 0.00000155. The van der Waals surface area contributed by atoms with Crippen LogP contribution in [0.4, 0.5) is 0 Å². The Hall–Kier alpha value is -2.82. The third kappa shape index (κ3) is 5.62. The molecular weight excluding hydrogens is 421 g/mol. The van der Waals surface area contributed by atoms with Crippen LogP contribution in [0.3, 0.4) is 0 Å². The minimum Gasteiger partial charge on any atom is -0.496 e. The Labute approximate surface area is 187 Å². The van der Waals surface area contributed by atoms with Crippen LogP contribution in [0.15, 0.2) is 55.2 Å². The van der Waals surface area contributed by atoms with Gasteiger partial charge in [-0.3, -0.25) is 4.79 Å². The zero-order valence-corrected chi connectivity index (χ0v) is 18.8. The molecule has 3 aromatic rings. The number of benzene rings is 2. The minimum absolute atomic E-state index is 0.162. The highest BCUT2D eigenvalue weighted by Crippen LogP contribution is 2.35. The maximum absolute atomic E-state index is 11.6. The standard InChI is InChI=1S/C22H17Cl2NO3.C2H6/c1-13(2)14-4-5-20(21(7-14)27-3)15-6-16(12-26)22(25-11-15)28-19-9-17(23)8-18(24)10-19;1-2/h4-12H,1H2,2-3H3;1-2H3. The summed E-state index contributed by atoms with van der Waals surface area (Å²) < 4.78 is 11.2. The number of aromatic nitrogens is 1. The molecular formula is C24H23Cl2NO3. The number of pyridine rings is 1. The summed E-state index contributed by atoms with van der Waals surface area (Å²) in [6, 6.07) is 12.2. The van der Waals surface area contributed by atoms with Crippen molar-refractivity contribution in [2.24, 2.45) is 0 Å². The molecule has 6 heteroatoms. The smallest absolute Gasteiger partial charge is 0.229 e. The molecule has 0 amide bonds. The number of halogens is 2. The second-order valence-electron chi connectivity index (χ2n) is 6.14. The Kier molecular flexibility index (Phi) is 8.46. The van der Waals surface area contributed by atoms with Crippen molar-refractivity contribution in [2.45, 2.75) is 20.8 Å². The Morgan fingerprint density at radius 2 is 1.73 bits per heavy atom. The Bertz CT molecular complexity index is 1040. The fraction of sp³-hybridized carbons (Fsp3) is 0.167. The number of nitrogens with zero attached hydrogens (tertiary/aromatic N) is 1. The number of ether oxygens (including phenoxy) is 2. The van der Waals surface area contributed by atoms with Gasteiger partial charge in [0.25, 0.3) is 0 Å². The van der Waals surface area contributed by atoms with E-state index in [1.807, 2.05) is 39.0 Å². The van der Waals surface area contributed by atoms with E-state index in [9.17, 15) is 4.79 Å². The molecule has 4 nitrogen and oxygen atoms in total. The van der Waals surface area contributed by atoms with Gasteiger partial charge in [0, 0.05) is 27.4 Å². The lowest BCUT2D eigenvalue weighted by molar-refractivity contribution is 0.112. The van der Waals surface area contributed by atoms with Crippen molar-refractivity contribution in [1.29, 1.82) is 0 Å². The topological polar surface area (TPSA) is 48.4 Å². The van der Waals surface area contributed by atoms with Gasteiger partial charge in [-0.15, -0.1) is 0 Å². The predicted octanol–water partition coefficient (Wildman–Crippen LogP) is 7.73. The fourth-order valence-corrected chi connectivity index (χ4v) is 3.19. The van der Waals surface area contributed by atoms with Crippen molar-refractivity contribution in [1.82, 2.24) is 4.98 Å². The molecule has 30 heavy (non-hydrogen) atoms. The van der Waals surface area contributed by atoms with E-state index < -0.39 is 0 Å². The van der Waals surface area contributed by atoms with Crippen LogP contribution < -0.4 is 9.47 Å². The van der Waals surface area contributed by atoms with E-state index in [1.54, 1.807) is 37.6 Å². The average Bonchev–Trinajstić information content (AvgIpc) is 2.74. The molecule has 1 aromatic heterocycles. The van der Waals surface area contributed by atoms with Crippen LogP contribution >= 0.6 is 23.2 Å². The van der Waals surface area contributed by atoms with Crippen LogP contribution in [0.5, 0.6) is 17.4 Å². The van der Waals surface area contributed by atoms with Crippen LogP contribution in [-0.4, -0.2) is 18.4 Å². The maximum Gasteiger partial charge on any atom is 0.229 e. The van der Waals surface area contributed by atoms with E-state index in [0.717, 1.165) is 22.3 Å².